The van der Waals surface area contributed by atoms with E-state index in [1.54, 1.807) is 6.07 Å². The van der Waals surface area contributed by atoms with Gasteiger partial charge in [0.1, 0.15) is 0 Å². The van der Waals surface area contributed by atoms with E-state index < -0.39 is 15.7 Å². The number of hydrogen-bond acceptors (Lipinski definition) is 4. The lowest BCUT2D eigenvalue weighted by molar-refractivity contribution is 0.0997. The summed E-state index contributed by atoms with van der Waals surface area (Å²) in [6, 6.07) is 13.3. The second-order valence-electron chi connectivity index (χ2n) is 5.62. The van der Waals surface area contributed by atoms with Crippen molar-refractivity contribution in [3.8, 4) is 0 Å². The van der Waals surface area contributed by atoms with Crippen molar-refractivity contribution in [1.29, 1.82) is 0 Å². The van der Waals surface area contributed by atoms with Crippen LogP contribution in [0.15, 0.2) is 70.0 Å². The first kappa shape index (κ1) is 18.6. The fourth-order valence-corrected chi connectivity index (χ4v) is 3.92. The molecule has 0 radical (unpaired) electrons. The molecule has 0 aliphatic rings. The number of carbonyl (C=O) groups excluding carboxylic acids is 1. The smallest absolute Gasteiger partial charge is 0.279 e. The van der Waals surface area contributed by atoms with Gasteiger partial charge in [0.15, 0.2) is 14.6 Å². The summed E-state index contributed by atoms with van der Waals surface area (Å²) >= 11 is 7.51. The highest BCUT2D eigenvalue weighted by molar-refractivity contribution is 7.90. The third-order valence-corrected chi connectivity index (χ3v) is 5.94. The van der Waals surface area contributed by atoms with Gasteiger partial charge in [-0.1, -0.05) is 35.9 Å². The summed E-state index contributed by atoms with van der Waals surface area (Å²) in [6.45, 7) is 0.485. The van der Waals surface area contributed by atoms with Gasteiger partial charge >= 0.3 is 0 Å². The van der Waals surface area contributed by atoms with E-state index in [0.29, 0.717) is 16.4 Å². The normalized spacial score (nSPS) is 12.3. The van der Waals surface area contributed by atoms with E-state index in [2.05, 4.69) is 4.99 Å². The van der Waals surface area contributed by atoms with Crippen molar-refractivity contribution in [2.75, 3.05) is 6.26 Å². The van der Waals surface area contributed by atoms with Crippen LogP contribution in [0.25, 0.3) is 0 Å². The number of carbonyl (C=O) groups is 1. The van der Waals surface area contributed by atoms with Crippen molar-refractivity contribution in [2.45, 2.75) is 11.4 Å². The third-order valence-electron chi connectivity index (χ3n) is 3.66. The molecule has 0 aliphatic heterocycles. The van der Waals surface area contributed by atoms with E-state index in [-0.39, 0.29) is 10.5 Å². The second kappa shape index (κ2) is 7.57. The van der Waals surface area contributed by atoms with Crippen molar-refractivity contribution in [1.82, 2.24) is 4.57 Å². The zero-order chi connectivity index (χ0) is 18.7. The molecule has 0 fully saturated rings. The monoisotopic (exact) mass is 406 g/mol. The number of hydrogen-bond donors (Lipinski definition) is 0. The topological polar surface area (TPSA) is 68.5 Å². The number of rotatable bonds is 4. The summed E-state index contributed by atoms with van der Waals surface area (Å²) in [5.41, 5.74) is 1.14. The van der Waals surface area contributed by atoms with Crippen LogP contribution in [0.5, 0.6) is 0 Å². The Balaban J connectivity index is 1.93. The molecular weight excluding hydrogens is 392 g/mol. The number of benzene rings is 2. The van der Waals surface area contributed by atoms with Crippen LogP contribution in [-0.2, 0) is 16.4 Å². The zero-order valence-electron chi connectivity index (χ0n) is 13.8. The Kier molecular flexibility index (Phi) is 5.41. The zero-order valence-corrected chi connectivity index (χ0v) is 16.2. The minimum absolute atomic E-state index is 0.0914. The van der Waals surface area contributed by atoms with Gasteiger partial charge in [0.25, 0.3) is 5.91 Å². The van der Waals surface area contributed by atoms with Crippen molar-refractivity contribution in [2.24, 2.45) is 4.99 Å². The Bertz CT molecular complexity index is 1130. The molecule has 0 aliphatic carbocycles. The molecule has 5 nitrogen and oxygen atoms in total. The predicted octanol–water partition coefficient (Wildman–Crippen LogP) is 3.40. The quantitative estimate of drug-likeness (QED) is 0.666. The van der Waals surface area contributed by atoms with Gasteiger partial charge in [0.05, 0.1) is 11.4 Å². The molecule has 0 N–H and O–H groups in total. The predicted molar refractivity (Wildman–Crippen MR) is 102 cm³/mol. The highest BCUT2D eigenvalue weighted by Crippen LogP contribution is 2.16. The van der Waals surface area contributed by atoms with Crippen LogP contribution in [0.1, 0.15) is 15.9 Å². The van der Waals surface area contributed by atoms with Gasteiger partial charge in [0, 0.05) is 28.4 Å². The first-order valence-electron chi connectivity index (χ1n) is 7.61. The van der Waals surface area contributed by atoms with Gasteiger partial charge in [-0.3, -0.25) is 4.79 Å². The lowest BCUT2D eigenvalue weighted by Crippen LogP contribution is -2.17. The molecule has 1 amide bonds. The minimum Gasteiger partial charge on any atom is -0.319 e. The summed E-state index contributed by atoms with van der Waals surface area (Å²) in [5.74, 6) is -0.495. The average Bonchev–Trinajstić information content (AvgIpc) is 3.03. The molecule has 8 heteroatoms. The fourth-order valence-electron chi connectivity index (χ4n) is 2.33. The third kappa shape index (κ3) is 4.30. The van der Waals surface area contributed by atoms with Crippen molar-refractivity contribution >= 4 is 38.7 Å². The molecule has 3 rings (SSSR count). The van der Waals surface area contributed by atoms with Crippen molar-refractivity contribution < 1.29 is 13.2 Å². The average molecular weight is 407 g/mol. The summed E-state index contributed by atoms with van der Waals surface area (Å²) in [7, 11) is -3.39. The summed E-state index contributed by atoms with van der Waals surface area (Å²) in [4.78, 5) is 17.2. The van der Waals surface area contributed by atoms with Crippen molar-refractivity contribution in [3.05, 3.63) is 81.1 Å². The van der Waals surface area contributed by atoms with E-state index in [0.717, 1.165) is 11.8 Å². The number of thiazole rings is 1. The number of halogens is 1. The Hall–Kier alpha value is -2.22. The molecule has 0 unspecified atom stereocenters. The van der Waals surface area contributed by atoms with Crippen molar-refractivity contribution in [3.63, 3.8) is 0 Å². The molecular formula is C18H15ClN2O3S2. The maximum absolute atomic E-state index is 12.5. The van der Waals surface area contributed by atoms with Gasteiger partial charge in [0.2, 0.25) is 0 Å². The summed E-state index contributed by atoms with van der Waals surface area (Å²) in [6.07, 6.45) is 2.93. The molecule has 1 aromatic heterocycles. The second-order valence-corrected chi connectivity index (χ2v) is 8.92. The molecule has 2 aromatic carbocycles. The molecule has 0 atom stereocenters. The Morgan fingerprint density at radius 1 is 1.19 bits per heavy atom. The number of nitrogens with zero attached hydrogens (tertiary/aromatic N) is 2. The van der Waals surface area contributed by atoms with Gasteiger partial charge in [-0.05, 0) is 29.8 Å². The standard InChI is InChI=1S/C18H15ClN2O3S2/c1-26(23,24)15-7-4-6-13(11-15)17(22)20-18-21(9-10-25-18)12-14-5-2-3-8-16(14)19/h2-11H,12H2,1H3. The van der Waals surface area contributed by atoms with Gasteiger partial charge < -0.3 is 4.57 Å². The van der Waals surface area contributed by atoms with E-state index >= 15 is 0 Å². The van der Waals surface area contributed by atoms with Crippen LogP contribution in [0.3, 0.4) is 0 Å². The Labute approximate surface area is 160 Å². The lowest BCUT2D eigenvalue weighted by Gasteiger charge is -2.05. The van der Waals surface area contributed by atoms with E-state index in [1.807, 2.05) is 40.4 Å². The van der Waals surface area contributed by atoms with E-state index in [1.165, 1.54) is 29.5 Å². The number of amides is 1. The summed E-state index contributed by atoms with van der Waals surface area (Å²) < 4.78 is 25.1. The van der Waals surface area contributed by atoms with Gasteiger partial charge in [-0.15, -0.1) is 11.3 Å². The maximum Gasteiger partial charge on any atom is 0.279 e. The molecule has 0 spiro atoms. The maximum atomic E-state index is 12.5. The Morgan fingerprint density at radius 2 is 1.96 bits per heavy atom. The van der Waals surface area contributed by atoms with Crippen LogP contribution in [0.4, 0.5) is 0 Å². The van der Waals surface area contributed by atoms with Gasteiger partial charge in [-0.25, -0.2) is 8.42 Å². The van der Waals surface area contributed by atoms with Crippen LogP contribution < -0.4 is 4.80 Å². The highest BCUT2D eigenvalue weighted by Gasteiger charge is 2.11. The largest absolute Gasteiger partial charge is 0.319 e. The summed E-state index contributed by atoms with van der Waals surface area (Å²) in [5, 5.41) is 2.47. The first-order chi connectivity index (χ1) is 12.3. The molecule has 0 saturated heterocycles. The number of aromatic nitrogens is 1. The molecule has 134 valence electrons. The van der Waals surface area contributed by atoms with Gasteiger partial charge in [-0.2, -0.15) is 4.99 Å². The molecule has 0 bridgehead atoms. The van der Waals surface area contributed by atoms with Crippen LogP contribution >= 0.6 is 22.9 Å². The fraction of sp³-hybridized carbons (Fsp3) is 0.111. The molecule has 0 saturated carbocycles. The van der Waals surface area contributed by atoms with E-state index in [9.17, 15) is 13.2 Å². The minimum atomic E-state index is -3.39. The van der Waals surface area contributed by atoms with Crippen LogP contribution in [0, 0.1) is 0 Å². The Morgan fingerprint density at radius 3 is 2.69 bits per heavy atom. The lowest BCUT2D eigenvalue weighted by atomic mass is 10.2. The highest BCUT2D eigenvalue weighted by atomic mass is 35.5. The molecule has 1 heterocycles. The molecule has 3 aromatic rings. The SMILES string of the molecule is CS(=O)(=O)c1cccc(C(=O)N=c2sccn2Cc2ccccc2Cl)c1. The van der Waals surface area contributed by atoms with E-state index in [4.69, 9.17) is 11.6 Å². The number of sulfone groups is 1. The molecule has 26 heavy (non-hydrogen) atoms. The first-order valence-corrected chi connectivity index (χ1v) is 10.8. The van der Waals surface area contributed by atoms with Crippen LogP contribution in [-0.4, -0.2) is 25.1 Å². The van der Waals surface area contributed by atoms with Crippen LogP contribution in [0.2, 0.25) is 5.02 Å².